The Bertz CT molecular complexity index is 845. The topological polar surface area (TPSA) is 98.5 Å². The Morgan fingerprint density at radius 2 is 1.87 bits per heavy atom. The summed E-state index contributed by atoms with van der Waals surface area (Å²) in [4.78, 5) is 12.4. The lowest BCUT2D eigenvalue weighted by Gasteiger charge is -2.09. The Balaban J connectivity index is 1.69. The van der Waals surface area contributed by atoms with Gasteiger partial charge in [0.2, 0.25) is 10.0 Å². The molecule has 0 saturated heterocycles. The van der Waals surface area contributed by atoms with Gasteiger partial charge in [0.1, 0.15) is 0 Å². The second-order valence-corrected chi connectivity index (χ2v) is 6.87. The van der Waals surface area contributed by atoms with Crippen LogP contribution in [0.25, 0.3) is 0 Å². The van der Waals surface area contributed by atoms with E-state index in [9.17, 15) is 13.2 Å². The van der Waals surface area contributed by atoms with E-state index in [1.807, 2.05) is 12.1 Å². The van der Waals surface area contributed by atoms with Crippen LogP contribution in [0, 0.1) is 0 Å². The predicted octanol–water partition coefficient (Wildman–Crippen LogP) is 1.29. The fraction of sp³-hybridized carbons (Fsp3) is 0.188. The zero-order chi connectivity index (χ0) is 16.4. The molecule has 3 rings (SSSR count). The van der Waals surface area contributed by atoms with Gasteiger partial charge in [-0.05, 0) is 34.9 Å². The largest absolute Gasteiger partial charge is 0.372 e. The quantitative estimate of drug-likeness (QED) is 0.881. The van der Waals surface area contributed by atoms with Gasteiger partial charge in [-0.25, -0.2) is 13.6 Å². The molecule has 1 aliphatic rings. The summed E-state index contributed by atoms with van der Waals surface area (Å²) in [5.74, 6) is -0.178. The summed E-state index contributed by atoms with van der Waals surface area (Å²) in [5.41, 5.74) is 3.36. The van der Waals surface area contributed by atoms with Crippen molar-refractivity contribution in [2.24, 2.45) is 5.14 Å². The highest BCUT2D eigenvalue weighted by Gasteiger charge is 2.19. The molecule has 1 heterocycles. The summed E-state index contributed by atoms with van der Waals surface area (Å²) in [5, 5.41) is 7.88. The van der Waals surface area contributed by atoms with Crippen molar-refractivity contribution in [2.75, 3.05) is 0 Å². The molecule has 1 aliphatic heterocycles. The molecule has 1 amide bonds. The molecule has 0 unspecified atom stereocenters. The summed E-state index contributed by atoms with van der Waals surface area (Å²) in [6.45, 7) is 1.28. The van der Waals surface area contributed by atoms with Crippen LogP contribution in [0.3, 0.4) is 0 Å². The van der Waals surface area contributed by atoms with Crippen molar-refractivity contribution in [1.82, 2.24) is 5.32 Å². The first-order chi connectivity index (χ1) is 10.9. The number of carbonyl (C=O) groups is 1. The first-order valence-electron chi connectivity index (χ1n) is 7.03. The smallest absolute Gasteiger partial charge is 0.251 e. The summed E-state index contributed by atoms with van der Waals surface area (Å²) in [6, 6.07) is 11.6. The third-order valence-corrected chi connectivity index (χ3v) is 4.66. The molecule has 0 spiro atoms. The van der Waals surface area contributed by atoms with Crippen molar-refractivity contribution in [3.05, 3.63) is 64.7 Å². The van der Waals surface area contributed by atoms with E-state index in [1.165, 1.54) is 12.1 Å². The van der Waals surface area contributed by atoms with Crippen LogP contribution in [-0.2, 0) is 34.5 Å². The highest BCUT2D eigenvalue weighted by Crippen LogP contribution is 2.23. The Morgan fingerprint density at radius 1 is 1.13 bits per heavy atom. The van der Waals surface area contributed by atoms with E-state index in [0.29, 0.717) is 25.3 Å². The molecule has 0 saturated carbocycles. The second-order valence-electron chi connectivity index (χ2n) is 5.31. The number of nitrogens with one attached hydrogen (secondary N) is 1. The highest BCUT2D eigenvalue weighted by molar-refractivity contribution is 7.89. The van der Waals surface area contributed by atoms with Crippen molar-refractivity contribution < 1.29 is 17.9 Å². The van der Waals surface area contributed by atoms with Crippen molar-refractivity contribution in [2.45, 2.75) is 24.7 Å². The number of amides is 1. The van der Waals surface area contributed by atoms with Crippen LogP contribution in [0.1, 0.15) is 27.0 Å². The molecule has 0 aromatic heterocycles. The van der Waals surface area contributed by atoms with Crippen LogP contribution in [-0.4, -0.2) is 14.3 Å². The molecule has 0 fully saturated rings. The standard InChI is InChI=1S/C16H16N2O4S/c17-23(20,21)13-6-4-11(5-7-13)8-18-16(19)14-3-1-2-12-9-22-10-15(12)14/h1-7H,8-10H2,(H,18,19)(H2,17,20,21). The van der Waals surface area contributed by atoms with Crippen molar-refractivity contribution >= 4 is 15.9 Å². The van der Waals surface area contributed by atoms with Crippen LogP contribution in [0.15, 0.2) is 47.4 Å². The monoisotopic (exact) mass is 332 g/mol. The van der Waals surface area contributed by atoms with Gasteiger partial charge < -0.3 is 10.1 Å². The fourth-order valence-electron chi connectivity index (χ4n) is 2.49. The maximum Gasteiger partial charge on any atom is 0.251 e. The summed E-state index contributed by atoms with van der Waals surface area (Å²) >= 11 is 0. The Labute approximate surface area is 134 Å². The average Bonchev–Trinajstić information content (AvgIpc) is 3.00. The molecule has 23 heavy (non-hydrogen) atoms. The van der Waals surface area contributed by atoms with Gasteiger partial charge in [-0.2, -0.15) is 0 Å². The lowest BCUT2D eigenvalue weighted by Crippen LogP contribution is -2.24. The molecular formula is C16H16N2O4S. The van der Waals surface area contributed by atoms with Crippen LogP contribution in [0.5, 0.6) is 0 Å². The zero-order valence-electron chi connectivity index (χ0n) is 12.3. The number of nitrogens with two attached hydrogens (primary N) is 1. The number of hydrogen-bond donors (Lipinski definition) is 2. The molecular weight excluding hydrogens is 316 g/mol. The molecule has 0 aliphatic carbocycles. The second kappa shape index (κ2) is 6.11. The number of carbonyl (C=O) groups excluding carboxylic acids is 1. The maximum atomic E-state index is 12.3. The third-order valence-electron chi connectivity index (χ3n) is 3.73. The molecule has 2 aromatic rings. The normalized spacial score (nSPS) is 13.6. The molecule has 3 N–H and O–H groups in total. The molecule has 0 bridgehead atoms. The van der Waals surface area contributed by atoms with Crippen molar-refractivity contribution in [1.29, 1.82) is 0 Å². The first-order valence-corrected chi connectivity index (χ1v) is 8.58. The lowest BCUT2D eigenvalue weighted by atomic mass is 10.0. The van der Waals surface area contributed by atoms with Gasteiger partial charge in [0.25, 0.3) is 5.91 Å². The predicted molar refractivity (Wildman–Crippen MR) is 83.9 cm³/mol. The van der Waals surface area contributed by atoms with Gasteiger partial charge in [-0.15, -0.1) is 0 Å². The Kier molecular flexibility index (Phi) is 4.16. The number of fused-ring (bicyclic) bond motifs is 1. The van der Waals surface area contributed by atoms with E-state index in [-0.39, 0.29) is 10.8 Å². The number of ether oxygens (including phenoxy) is 1. The van der Waals surface area contributed by atoms with E-state index >= 15 is 0 Å². The number of primary sulfonamides is 1. The summed E-state index contributed by atoms with van der Waals surface area (Å²) in [6.07, 6.45) is 0. The van der Waals surface area contributed by atoms with Gasteiger partial charge in [0.05, 0.1) is 18.1 Å². The van der Waals surface area contributed by atoms with E-state index < -0.39 is 10.0 Å². The fourth-order valence-corrected chi connectivity index (χ4v) is 3.01. The number of benzene rings is 2. The van der Waals surface area contributed by atoms with Crippen LogP contribution in [0.4, 0.5) is 0 Å². The zero-order valence-corrected chi connectivity index (χ0v) is 13.1. The van der Waals surface area contributed by atoms with E-state index in [1.54, 1.807) is 18.2 Å². The van der Waals surface area contributed by atoms with Crippen LogP contribution < -0.4 is 10.5 Å². The van der Waals surface area contributed by atoms with E-state index in [2.05, 4.69) is 5.32 Å². The minimum atomic E-state index is -3.70. The van der Waals surface area contributed by atoms with Crippen LogP contribution in [0.2, 0.25) is 0 Å². The number of hydrogen-bond acceptors (Lipinski definition) is 4. The Morgan fingerprint density at radius 3 is 2.57 bits per heavy atom. The van der Waals surface area contributed by atoms with E-state index in [0.717, 1.165) is 16.7 Å². The lowest BCUT2D eigenvalue weighted by molar-refractivity contribution is 0.0945. The maximum absolute atomic E-state index is 12.3. The summed E-state index contributed by atoms with van der Waals surface area (Å²) < 4.78 is 27.8. The Hall–Kier alpha value is -2.22. The van der Waals surface area contributed by atoms with Gasteiger partial charge >= 0.3 is 0 Å². The molecule has 0 atom stereocenters. The van der Waals surface area contributed by atoms with Gasteiger partial charge in [0.15, 0.2) is 0 Å². The van der Waals surface area contributed by atoms with Crippen molar-refractivity contribution in [3.8, 4) is 0 Å². The highest BCUT2D eigenvalue weighted by atomic mass is 32.2. The minimum absolute atomic E-state index is 0.0469. The van der Waals surface area contributed by atoms with E-state index in [4.69, 9.17) is 9.88 Å². The van der Waals surface area contributed by atoms with Crippen molar-refractivity contribution in [3.63, 3.8) is 0 Å². The van der Waals surface area contributed by atoms with Crippen LogP contribution >= 0.6 is 0 Å². The molecule has 120 valence electrons. The minimum Gasteiger partial charge on any atom is -0.372 e. The molecule has 2 aromatic carbocycles. The van der Waals surface area contributed by atoms with Gasteiger partial charge in [-0.1, -0.05) is 24.3 Å². The average molecular weight is 332 g/mol. The number of sulfonamides is 1. The number of rotatable bonds is 4. The van der Waals surface area contributed by atoms with Gasteiger partial charge in [-0.3, -0.25) is 4.79 Å². The van der Waals surface area contributed by atoms with Gasteiger partial charge in [0, 0.05) is 12.1 Å². The molecule has 6 nitrogen and oxygen atoms in total. The SMILES string of the molecule is NS(=O)(=O)c1ccc(CNC(=O)c2cccc3c2COC3)cc1. The first kappa shape index (κ1) is 15.7. The molecule has 7 heteroatoms. The molecule has 0 radical (unpaired) electrons. The third kappa shape index (κ3) is 3.42. The summed E-state index contributed by atoms with van der Waals surface area (Å²) in [7, 11) is -3.70.